The Hall–Kier alpha value is -1.33. The van der Waals surface area contributed by atoms with E-state index < -0.39 is 17.6 Å². The molecule has 0 saturated carbocycles. The molecule has 0 radical (unpaired) electrons. The fourth-order valence-corrected chi connectivity index (χ4v) is 1.22. The van der Waals surface area contributed by atoms with Gasteiger partial charge >= 0.3 is 6.18 Å². The lowest BCUT2D eigenvalue weighted by atomic mass is 10.1. The third kappa shape index (κ3) is 2.19. The minimum Gasteiger partial charge on any atom is -0.292 e. The van der Waals surface area contributed by atoms with Crippen LogP contribution in [0.2, 0.25) is 0 Å². The van der Waals surface area contributed by atoms with Crippen LogP contribution in [0, 0.1) is 0 Å². The number of rotatable bonds is 1. The predicted octanol–water partition coefficient (Wildman–Crippen LogP) is 1.92. The van der Waals surface area contributed by atoms with E-state index in [9.17, 15) is 18.0 Å². The molecule has 0 amide bonds. The molecular weight excluding hydrogens is 209 g/mol. The van der Waals surface area contributed by atoms with Crippen molar-refractivity contribution >= 4 is 0 Å². The molecule has 0 aliphatic rings. The number of alkyl halides is 3. The Morgan fingerprint density at radius 2 is 1.93 bits per heavy atom. The Kier molecular flexibility index (Phi) is 2.88. The maximum atomic E-state index is 12.3. The molecule has 0 N–H and O–H groups in total. The van der Waals surface area contributed by atoms with Crippen LogP contribution in [0.25, 0.3) is 0 Å². The molecule has 0 atom stereocenters. The summed E-state index contributed by atoms with van der Waals surface area (Å²) in [6.07, 6.45) is -3.60. The fraction of sp³-hybridized carbons (Fsp3) is 0.556. The van der Waals surface area contributed by atoms with Gasteiger partial charge in [0.15, 0.2) is 0 Å². The normalized spacial score (nSPS) is 12.2. The van der Waals surface area contributed by atoms with Gasteiger partial charge in [-0.1, -0.05) is 13.8 Å². The molecule has 84 valence electrons. The second-order valence-corrected chi connectivity index (χ2v) is 3.55. The van der Waals surface area contributed by atoms with E-state index in [-0.39, 0.29) is 11.5 Å². The van der Waals surface area contributed by atoms with Gasteiger partial charge in [-0.05, 0) is 5.92 Å². The Balaban J connectivity index is 3.42. The standard InChI is InChI=1S/C9H11F3N2O/c1-5(2)6-4-13-8(9(10,11)12)14(3)7(6)15/h4-5H,1-3H3. The quantitative estimate of drug-likeness (QED) is 0.724. The SMILES string of the molecule is CC(C)c1cnc(C(F)(F)F)n(C)c1=O. The van der Waals surface area contributed by atoms with Gasteiger partial charge in [-0.2, -0.15) is 13.2 Å². The highest BCUT2D eigenvalue weighted by atomic mass is 19.4. The Morgan fingerprint density at radius 3 is 2.33 bits per heavy atom. The molecule has 0 spiro atoms. The second kappa shape index (κ2) is 3.67. The van der Waals surface area contributed by atoms with E-state index in [1.165, 1.54) is 0 Å². The van der Waals surface area contributed by atoms with E-state index in [0.29, 0.717) is 4.57 Å². The monoisotopic (exact) mass is 220 g/mol. The van der Waals surface area contributed by atoms with Crippen molar-refractivity contribution in [3.8, 4) is 0 Å². The summed E-state index contributed by atoms with van der Waals surface area (Å²) in [6.45, 7) is 3.46. The Bertz CT molecular complexity index is 420. The van der Waals surface area contributed by atoms with Crippen LogP contribution in [-0.2, 0) is 13.2 Å². The molecule has 1 rings (SSSR count). The summed E-state index contributed by atoms with van der Waals surface area (Å²) in [5.41, 5.74) is -0.363. The van der Waals surface area contributed by atoms with E-state index >= 15 is 0 Å². The first-order chi connectivity index (χ1) is 6.75. The highest BCUT2D eigenvalue weighted by Gasteiger charge is 2.36. The van der Waals surface area contributed by atoms with Gasteiger partial charge in [0.25, 0.3) is 5.56 Å². The van der Waals surface area contributed by atoms with Crippen molar-refractivity contribution in [1.82, 2.24) is 9.55 Å². The van der Waals surface area contributed by atoms with Crippen LogP contribution < -0.4 is 5.56 Å². The number of aromatic nitrogens is 2. The zero-order chi connectivity index (χ0) is 11.8. The van der Waals surface area contributed by atoms with E-state index in [0.717, 1.165) is 13.2 Å². The summed E-state index contributed by atoms with van der Waals surface area (Å²) in [5.74, 6) is -1.31. The number of hydrogen-bond acceptors (Lipinski definition) is 2. The minimum absolute atomic E-state index is 0.140. The highest BCUT2D eigenvalue weighted by molar-refractivity contribution is 5.12. The van der Waals surface area contributed by atoms with Crippen molar-refractivity contribution in [2.75, 3.05) is 0 Å². The predicted molar refractivity (Wildman–Crippen MR) is 48.6 cm³/mol. The summed E-state index contributed by atoms with van der Waals surface area (Å²) < 4.78 is 37.6. The van der Waals surface area contributed by atoms with Crippen LogP contribution in [0.15, 0.2) is 11.0 Å². The average Bonchev–Trinajstić information content (AvgIpc) is 2.06. The summed E-state index contributed by atoms with van der Waals surface area (Å²) in [5, 5.41) is 0. The van der Waals surface area contributed by atoms with E-state index in [1.807, 2.05) is 0 Å². The first-order valence-corrected chi connectivity index (χ1v) is 4.38. The lowest BCUT2D eigenvalue weighted by Gasteiger charge is -2.12. The molecule has 0 fully saturated rings. The largest absolute Gasteiger partial charge is 0.449 e. The molecule has 0 aromatic carbocycles. The molecular formula is C9H11F3N2O. The molecule has 1 heterocycles. The van der Waals surface area contributed by atoms with Crippen molar-refractivity contribution in [2.45, 2.75) is 25.9 Å². The van der Waals surface area contributed by atoms with Gasteiger partial charge in [0.2, 0.25) is 5.82 Å². The lowest BCUT2D eigenvalue weighted by Crippen LogP contribution is -2.30. The van der Waals surface area contributed by atoms with Crippen molar-refractivity contribution in [3.05, 3.63) is 27.9 Å². The van der Waals surface area contributed by atoms with Gasteiger partial charge in [-0.25, -0.2) is 4.98 Å². The zero-order valence-corrected chi connectivity index (χ0v) is 8.59. The number of halogens is 3. The van der Waals surface area contributed by atoms with Gasteiger partial charge in [0.1, 0.15) is 0 Å². The molecule has 6 heteroatoms. The molecule has 1 aromatic heterocycles. The van der Waals surface area contributed by atoms with Crippen LogP contribution >= 0.6 is 0 Å². The van der Waals surface area contributed by atoms with E-state index in [4.69, 9.17) is 0 Å². The molecule has 0 saturated heterocycles. The topological polar surface area (TPSA) is 34.9 Å². The lowest BCUT2D eigenvalue weighted by molar-refractivity contribution is -0.147. The van der Waals surface area contributed by atoms with Gasteiger partial charge in [0, 0.05) is 18.8 Å². The van der Waals surface area contributed by atoms with E-state index in [1.54, 1.807) is 13.8 Å². The van der Waals surface area contributed by atoms with Crippen LogP contribution in [0.4, 0.5) is 13.2 Å². The zero-order valence-electron chi connectivity index (χ0n) is 8.59. The van der Waals surface area contributed by atoms with Gasteiger partial charge in [0.05, 0.1) is 0 Å². The van der Waals surface area contributed by atoms with Crippen LogP contribution in [-0.4, -0.2) is 9.55 Å². The number of nitrogens with zero attached hydrogens (tertiary/aromatic N) is 2. The van der Waals surface area contributed by atoms with E-state index in [2.05, 4.69) is 4.98 Å². The molecule has 1 aromatic rings. The van der Waals surface area contributed by atoms with Crippen molar-refractivity contribution < 1.29 is 13.2 Å². The van der Waals surface area contributed by atoms with Gasteiger partial charge in [-0.15, -0.1) is 0 Å². The molecule has 0 aliphatic carbocycles. The molecule has 0 unspecified atom stereocenters. The summed E-state index contributed by atoms with van der Waals surface area (Å²) in [4.78, 5) is 14.8. The van der Waals surface area contributed by atoms with Crippen molar-refractivity contribution in [1.29, 1.82) is 0 Å². The maximum Gasteiger partial charge on any atom is 0.449 e. The smallest absolute Gasteiger partial charge is 0.292 e. The van der Waals surface area contributed by atoms with Crippen molar-refractivity contribution in [3.63, 3.8) is 0 Å². The maximum absolute atomic E-state index is 12.3. The average molecular weight is 220 g/mol. The first-order valence-electron chi connectivity index (χ1n) is 4.38. The summed E-state index contributed by atoms with van der Waals surface area (Å²) in [6, 6.07) is 0. The second-order valence-electron chi connectivity index (χ2n) is 3.55. The Morgan fingerprint density at radius 1 is 1.40 bits per heavy atom. The van der Waals surface area contributed by atoms with Crippen LogP contribution in [0.3, 0.4) is 0 Å². The number of hydrogen-bond donors (Lipinski definition) is 0. The van der Waals surface area contributed by atoms with Gasteiger partial charge in [-0.3, -0.25) is 9.36 Å². The first kappa shape index (κ1) is 11.7. The molecule has 3 nitrogen and oxygen atoms in total. The van der Waals surface area contributed by atoms with Crippen molar-refractivity contribution in [2.24, 2.45) is 7.05 Å². The summed E-state index contributed by atoms with van der Waals surface area (Å²) in [7, 11) is 1.07. The molecule has 0 bridgehead atoms. The van der Waals surface area contributed by atoms with Crippen LogP contribution in [0.1, 0.15) is 31.2 Å². The molecule has 15 heavy (non-hydrogen) atoms. The fourth-order valence-electron chi connectivity index (χ4n) is 1.22. The highest BCUT2D eigenvalue weighted by Crippen LogP contribution is 2.26. The summed E-state index contributed by atoms with van der Waals surface area (Å²) >= 11 is 0. The van der Waals surface area contributed by atoms with Crippen LogP contribution in [0.5, 0.6) is 0 Å². The van der Waals surface area contributed by atoms with Gasteiger partial charge < -0.3 is 0 Å². The molecule has 0 aliphatic heterocycles. The third-order valence-electron chi connectivity index (χ3n) is 2.07. The third-order valence-corrected chi connectivity index (χ3v) is 2.07. The Labute approximate surface area is 84.6 Å². The minimum atomic E-state index is -4.59.